The largest absolute Gasteiger partial charge is 0.363 e. The van der Waals surface area contributed by atoms with E-state index in [0.29, 0.717) is 29.7 Å². The first-order chi connectivity index (χ1) is 13.2. The summed E-state index contributed by atoms with van der Waals surface area (Å²) in [4.78, 5) is 2.70. The van der Waals surface area contributed by atoms with Gasteiger partial charge in [0.25, 0.3) is 0 Å². The van der Waals surface area contributed by atoms with Crippen molar-refractivity contribution in [3.63, 3.8) is 0 Å². The summed E-state index contributed by atoms with van der Waals surface area (Å²) in [6.45, 7) is 1.12. The summed E-state index contributed by atoms with van der Waals surface area (Å²) in [5.74, 6) is 2.19. The third-order valence-electron chi connectivity index (χ3n) is 7.03. The number of hydrogen-bond donors (Lipinski definition) is 0. The van der Waals surface area contributed by atoms with E-state index in [0.717, 1.165) is 23.0 Å². The van der Waals surface area contributed by atoms with Crippen LogP contribution in [0.5, 0.6) is 0 Å². The minimum Gasteiger partial charge on any atom is -0.363 e. The molecular formula is C24H21Cl2N. The van der Waals surface area contributed by atoms with Crippen LogP contribution in [0.3, 0.4) is 0 Å². The lowest BCUT2D eigenvalue weighted by Crippen LogP contribution is -2.46. The fourth-order valence-electron chi connectivity index (χ4n) is 5.98. The van der Waals surface area contributed by atoms with E-state index in [1.54, 1.807) is 0 Å². The van der Waals surface area contributed by atoms with Crippen LogP contribution in [-0.2, 0) is 0 Å². The normalized spacial score (nSPS) is 32.4. The van der Waals surface area contributed by atoms with Crippen LogP contribution >= 0.6 is 23.2 Å². The first-order valence-electron chi connectivity index (χ1n) is 9.89. The van der Waals surface area contributed by atoms with Gasteiger partial charge >= 0.3 is 0 Å². The number of hydrogen-bond acceptors (Lipinski definition) is 1. The van der Waals surface area contributed by atoms with Gasteiger partial charge in [-0.15, -0.1) is 0 Å². The molecule has 0 unspecified atom stereocenters. The van der Waals surface area contributed by atoms with Crippen molar-refractivity contribution in [2.45, 2.75) is 30.7 Å². The first-order valence-corrected chi connectivity index (χ1v) is 10.6. The van der Waals surface area contributed by atoms with Gasteiger partial charge in [0.1, 0.15) is 0 Å². The molecule has 2 aliphatic carbocycles. The van der Waals surface area contributed by atoms with Crippen LogP contribution in [0, 0.1) is 11.8 Å². The van der Waals surface area contributed by atoms with Gasteiger partial charge in [0.15, 0.2) is 0 Å². The molecule has 136 valence electrons. The summed E-state index contributed by atoms with van der Waals surface area (Å²) in [6.07, 6.45) is 11.8. The number of allylic oxidation sites excluding steroid dienone is 4. The molecule has 2 heterocycles. The van der Waals surface area contributed by atoms with E-state index in [4.69, 9.17) is 23.2 Å². The van der Waals surface area contributed by atoms with Gasteiger partial charge in [-0.1, -0.05) is 59.6 Å². The second-order valence-corrected chi connectivity index (χ2v) is 9.26. The molecule has 0 radical (unpaired) electrons. The Labute approximate surface area is 170 Å². The summed E-state index contributed by atoms with van der Waals surface area (Å²) in [5, 5.41) is 1.69. The minimum absolute atomic E-state index is 0.399. The number of anilines is 1. The van der Waals surface area contributed by atoms with Crippen LogP contribution in [-0.4, -0.2) is 6.54 Å². The van der Waals surface area contributed by atoms with Crippen molar-refractivity contribution in [3.8, 4) is 0 Å². The molecule has 3 heteroatoms. The molecule has 0 aromatic heterocycles. The smallest absolute Gasteiger partial charge is 0.0582 e. The van der Waals surface area contributed by atoms with Gasteiger partial charge in [0.2, 0.25) is 0 Å². The molecule has 0 bridgehead atoms. The molecule has 0 N–H and O–H groups in total. The average Bonchev–Trinajstić information content (AvgIpc) is 3.32. The van der Waals surface area contributed by atoms with Crippen LogP contribution in [0.4, 0.5) is 5.69 Å². The van der Waals surface area contributed by atoms with Crippen molar-refractivity contribution in [1.82, 2.24) is 0 Å². The van der Waals surface area contributed by atoms with Gasteiger partial charge in [-0.3, -0.25) is 0 Å². The molecule has 27 heavy (non-hydrogen) atoms. The summed E-state index contributed by atoms with van der Waals surface area (Å²) in [7, 11) is 0. The lowest BCUT2D eigenvalue weighted by Gasteiger charge is -2.51. The lowest BCUT2D eigenvalue weighted by atomic mass is 9.71. The number of fused-ring (bicyclic) bond motifs is 4. The minimum atomic E-state index is 0.399. The number of benzene rings is 2. The predicted octanol–water partition coefficient (Wildman–Crippen LogP) is 6.89. The first kappa shape index (κ1) is 16.3. The fraction of sp³-hybridized carbons (Fsp3) is 0.333. The Bertz CT molecular complexity index is 957. The molecule has 5 atom stereocenters. The van der Waals surface area contributed by atoms with E-state index >= 15 is 0 Å². The average molecular weight is 394 g/mol. The SMILES string of the molecule is Clc1ccc([C@H]2[C@H]3CC=C[C@@H]3c3cc(Cl)cc4c3N2C[C@H]2CC=C[C@H]42)cc1. The molecule has 6 rings (SSSR count). The molecular weight excluding hydrogens is 373 g/mol. The van der Waals surface area contributed by atoms with Crippen LogP contribution in [0.25, 0.3) is 0 Å². The highest BCUT2D eigenvalue weighted by Gasteiger charge is 2.47. The van der Waals surface area contributed by atoms with Gasteiger partial charge in [-0.25, -0.2) is 0 Å². The van der Waals surface area contributed by atoms with E-state index in [1.807, 2.05) is 12.1 Å². The Morgan fingerprint density at radius 1 is 0.815 bits per heavy atom. The van der Waals surface area contributed by atoms with Crippen LogP contribution in [0.15, 0.2) is 60.7 Å². The summed E-state index contributed by atoms with van der Waals surface area (Å²) in [5.41, 5.74) is 5.69. The second-order valence-electron chi connectivity index (χ2n) is 8.38. The summed E-state index contributed by atoms with van der Waals surface area (Å²) >= 11 is 12.8. The molecule has 0 saturated heterocycles. The monoisotopic (exact) mass is 393 g/mol. The Morgan fingerprint density at radius 3 is 2.33 bits per heavy atom. The number of halogens is 2. The van der Waals surface area contributed by atoms with Crippen molar-refractivity contribution in [3.05, 3.63) is 87.4 Å². The van der Waals surface area contributed by atoms with Crippen LogP contribution in [0.1, 0.15) is 47.4 Å². The van der Waals surface area contributed by atoms with E-state index in [2.05, 4.69) is 53.5 Å². The maximum absolute atomic E-state index is 6.60. The third-order valence-corrected chi connectivity index (χ3v) is 7.50. The van der Waals surface area contributed by atoms with Crippen molar-refractivity contribution in [1.29, 1.82) is 0 Å². The Morgan fingerprint density at radius 2 is 1.52 bits per heavy atom. The Hall–Kier alpha value is -1.70. The fourth-order valence-corrected chi connectivity index (χ4v) is 6.34. The maximum Gasteiger partial charge on any atom is 0.0582 e. The van der Waals surface area contributed by atoms with Crippen LogP contribution in [0.2, 0.25) is 10.0 Å². The number of rotatable bonds is 1. The van der Waals surface area contributed by atoms with Crippen molar-refractivity contribution >= 4 is 28.9 Å². The third kappa shape index (κ3) is 2.31. The highest BCUT2D eigenvalue weighted by atomic mass is 35.5. The standard InChI is InChI=1S/C24H21Cl2N/c25-16-9-7-14(8-10-16)23-20-6-2-5-19(20)22-12-17(26)11-21-18-4-1-3-15(18)13-27(23)24(21)22/h1-2,4-5,7-12,15,18-20,23H,3,6,13H2/t15-,18+,19+,20+,23+/m1/s1. The van der Waals surface area contributed by atoms with Gasteiger partial charge < -0.3 is 4.90 Å². The van der Waals surface area contributed by atoms with E-state index in [-0.39, 0.29) is 0 Å². The summed E-state index contributed by atoms with van der Waals surface area (Å²) < 4.78 is 0. The molecule has 2 aromatic rings. The van der Waals surface area contributed by atoms with Gasteiger partial charge in [-0.2, -0.15) is 0 Å². The molecule has 1 nitrogen and oxygen atoms in total. The molecule has 0 amide bonds. The van der Waals surface area contributed by atoms with E-state index < -0.39 is 0 Å². The summed E-state index contributed by atoms with van der Waals surface area (Å²) in [6, 6.07) is 13.4. The quantitative estimate of drug-likeness (QED) is 0.476. The van der Waals surface area contributed by atoms with Gasteiger partial charge in [0.05, 0.1) is 6.04 Å². The second kappa shape index (κ2) is 5.90. The van der Waals surface area contributed by atoms with Crippen molar-refractivity contribution in [2.75, 3.05) is 11.4 Å². The lowest BCUT2D eigenvalue weighted by molar-refractivity contribution is 0.335. The predicted molar refractivity (Wildman–Crippen MR) is 113 cm³/mol. The molecule has 4 aliphatic rings. The molecule has 0 saturated carbocycles. The molecule has 2 aliphatic heterocycles. The van der Waals surface area contributed by atoms with Crippen molar-refractivity contribution in [2.24, 2.45) is 11.8 Å². The van der Waals surface area contributed by atoms with Crippen LogP contribution < -0.4 is 4.90 Å². The zero-order chi connectivity index (χ0) is 18.1. The topological polar surface area (TPSA) is 3.24 Å². The van der Waals surface area contributed by atoms with Gasteiger partial charge in [-0.05, 0) is 65.6 Å². The number of nitrogens with zero attached hydrogens (tertiary/aromatic N) is 1. The van der Waals surface area contributed by atoms with E-state index in [1.165, 1.54) is 28.8 Å². The highest BCUT2D eigenvalue weighted by molar-refractivity contribution is 6.31. The highest BCUT2D eigenvalue weighted by Crippen LogP contribution is 2.59. The Kier molecular flexibility index (Phi) is 3.55. The molecule has 0 fully saturated rings. The van der Waals surface area contributed by atoms with Gasteiger partial charge in [0, 0.05) is 34.1 Å². The Balaban J connectivity index is 1.59. The maximum atomic E-state index is 6.60. The van der Waals surface area contributed by atoms with Crippen molar-refractivity contribution < 1.29 is 0 Å². The van der Waals surface area contributed by atoms with E-state index in [9.17, 15) is 0 Å². The zero-order valence-corrected chi connectivity index (χ0v) is 16.5. The molecule has 2 aromatic carbocycles. The zero-order valence-electron chi connectivity index (χ0n) is 15.0. The molecule has 0 spiro atoms.